The number of hydrogen-bond donors (Lipinski definition) is 2. The number of nitrogens with zero attached hydrogens (tertiary/aromatic N) is 1. The van der Waals surface area contributed by atoms with Crippen molar-refractivity contribution in [3.63, 3.8) is 0 Å². The number of nitrogens with one attached hydrogen (secondary N) is 2. The predicted octanol–water partition coefficient (Wildman–Crippen LogP) is 4.29. The summed E-state index contributed by atoms with van der Waals surface area (Å²) >= 11 is 0. The van der Waals surface area contributed by atoms with Crippen LogP contribution in [0.25, 0.3) is 0 Å². The van der Waals surface area contributed by atoms with Crippen molar-refractivity contribution < 1.29 is 21.6 Å². The minimum atomic E-state index is -3.77. The van der Waals surface area contributed by atoms with Crippen molar-refractivity contribution in [3.05, 3.63) is 83.9 Å². The molecule has 0 aliphatic carbocycles. The molecule has 10 heteroatoms. The Balaban J connectivity index is 1.56. The topological polar surface area (TPSA) is 113 Å². The molecular weight excluding hydrogens is 486 g/mol. The van der Waals surface area contributed by atoms with Gasteiger partial charge in [-0.05, 0) is 74.4 Å². The van der Waals surface area contributed by atoms with Crippen LogP contribution in [-0.4, -0.2) is 35.5 Å². The predicted molar refractivity (Wildman–Crippen MR) is 140 cm³/mol. The largest absolute Gasteiger partial charge is 0.326 e. The van der Waals surface area contributed by atoms with Crippen LogP contribution in [0.3, 0.4) is 0 Å². The van der Waals surface area contributed by atoms with Crippen LogP contribution in [0, 0.1) is 13.8 Å². The molecule has 0 aromatic heterocycles. The normalized spacial score (nSPS) is 11.6. The molecule has 8 nitrogen and oxygen atoms in total. The van der Waals surface area contributed by atoms with Gasteiger partial charge >= 0.3 is 0 Å². The van der Waals surface area contributed by atoms with Gasteiger partial charge in [0.05, 0.1) is 16.8 Å². The van der Waals surface area contributed by atoms with Gasteiger partial charge < -0.3 is 5.32 Å². The lowest BCUT2D eigenvalue weighted by atomic mass is 10.2. The average molecular weight is 516 g/mol. The first kappa shape index (κ1) is 26.2. The van der Waals surface area contributed by atoms with Crippen LogP contribution >= 0.6 is 0 Å². The van der Waals surface area contributed by atoms with Crippen LogP contribution in [0.15, 0.2) is 77.7 Å². The van der Waals surface area contributed by atoms with Gasteiger partial charge in [-0.2, -0.15) is 0 Å². The van der Waals surface area contributed by atoms with Gasteiger partial charge in [0.25, 0.3) is 10.0 Å². The lowest BCUT2D eigenvalue weighted by molar-refractivity contribution is -0.116. The number of benzene rings is 3. The molecular formula is C25H29N3O5S2. The Hall–Kier alpha value is -3.37. The molecule has 0 heterocycles. The molecule has 0 spiro atoms. The quantitative estimate of drug-likeness (QED) is 0.418. The number of carbonyl (C=O) groups excluding carboxylic acids is 1. The average Bonchev–Trinajstić information content (AvgIpc) is 2.77. The zero-order valence-corrected chi connectivity index (χ0v) is 21.5. The van der Waals surface area contributed by atoms with Crippen LogP contribution in [0.4, 0.5) is 17.1 Å². The molecule has 0 radical (unpaired) electrons. The Morgan fingerprint density at radius 3 is 2.09 bits per heavy atom. The van der Waals surface area contributed by atoms with Gasteiger partial charge in [-0.1, -0.05) is 29.8 Å². The van der Waals surface area contributed by atoms with Crippen LogP contribution in [0.1, 0.15) is 24.0 Å². The van der Waals surface area contributed by atoms with E-state index < -0.39 is 20.0 Å². The van der Waals surface area contributed by atoms with Crippen molar-refractivity contribution in [1.82, 2.24) is 0 Å². The van der Waals surface area contributed by atoms with Gasteiger partial charge in [0.1, 0.15) is 0 Å². The number of hydrogen-bond acceptors (Lipinski definition) is 5. The van der Waals surface area contributed by atoms with E-state index in [1.165, 1.54) is 28.6 Å². The Kier molecular flexibility index (Phi) is 8.18. The highest BCUT2D eigenvalue weighted by molar-refractivity contribution is 7.92. The van der Waals surface area contributed by atoms with E-state index >= 15 is 0 Å². The molecule has 0 saturated carbocycles. The zero-order chi connectivity index (χ0) is 25.6. The van der Waals surface area contributed by atoms with Crippen molar-refractivity contribution in [2.45, 2.75) is 31.6 Å². The molecule has 0 bridgehead atoms. The molecule has 0 aliphatic heterocycles. The van der Waals surface area contributed by atoms with E-state index in [0.717, 1.165) is 17.4 Å². The summed E-state index contributed by atoms with van der Waals surface area (Å²) in [5.41, 5.74) is 3.42. The Morgan fingerprint density at radius 1 is 0.829 bits per heavy atom. The second-order valence-corrected chi connectivity index (χ2v) is 11.9. The third-order valence-corrected chi connectivity index (χ3v) is 7.80. The lowest BCUT2D eigenvalue weighted by Crippen LogP contribution is -2.31. The van der Waals surface area contributed by atoms with Crippen LogP contribution in [-0.2, 0) is 24.8 Å². The van der Waals surface area contributed by atoms with E-state index in [4.69, 9.17) is 0 Å². The maximum absolute atomic E-state index is 12.6. The third kappa shape index (κ3) is 7.56. The molecule has 2 N–H and O–H groups in total. The maximum atomic E-state index is 12.6. The van der Waals surface area contributed by atoms with Crippen molar-refractivity contribution >= 4 is 43.0 Å². The van der Waals surface area contributed by atoms with Crippen molar-refractivity contribution in [2.24, 2.45) is 0 Å². The monoisotopic (exact) mass is 515 g/mol. The lowest BCUT2D eigenvalue weighted by Gasteiger charge is -2.22. The zero-order valence-electron chi connectivity index (χ0n) is 19.9. The highest BCUT2D eigenvalue weighted by atomic mass is 32.2. The number of amides is 1. The molecule has 186 valence electrons. The van der Waals surface area contributed by atoms with Crippen LogP contribution in [0.5, 0.6) is 0 Å². The third-order valence-electron chi connectivity index (χ3n) is 5.21. The molecule has 3 aromatic carbocycles. The fraction of sp³-hybridized carbons (Fsp3) is 0.240. The van der Waals surface area contributed by atoms with Gasteiger partial charge in [0, 0.05) is 24.3 Å². The van der Waals surface area contributed by atoms with E-state index in [0.29, 0.717) is 23.5 Å². The van der Waals surface area contributed by atoms with Crippen LogP contribution < -0.4 is 14.3 Å². The fourth-order valence-corrected chi connectivity index (χ4v) is 5.46. The molecule has 0 unspecified atom stereocenters. The van der Waals surface area contributed by atoms with Crippen LogP contribution in [0.2, 0.25) is 0 Å². The second kappa shape index (κ2) is 10.9. The van der Waals surface area contributed by atoms with Gasteiger partial charge in [0.2, 0.25) is 15.9 Å². The summed E-state index contributed by atoms with van der Waals surface area (Å²) in [5.74, 6) is -0.296. The first-order valence-electron chi connectivity index (χ1n) is 11.0. The summed E-state index contributed by atoms with van der Waals surface area (Å²) in [7, 11) is -7.26. The molecule has 0 saturated heterocycles. The van der Waals surface area contributed by atoms with Gasteiger partial charge in [-0.15, -0.1) is 0 Å². The molecule has 0 atom stereocenters. The Morgan fingerprint density at radius 2 is 1.49 bits per heavy atom. The first-order valence-corrected chi connectivity index (χ1v) is 14.3. The van der Waals surface area contributed by atoms with E-state index in [-0.39, 0.29) is 23.8 Å². The summed E-state index contributed by atoms with van der Waals surface area (Å²) in [4.78, 5) is 12.4. The van der Waals surface area contributed by atoms with Crippen molar-refractivity contribution in [3.8, 4) is 0 Å². The smallest absolute Gasteiger partial charge is 0.261 e. The first-order chi connectivity index (χ1) is 16.4. The Labute approximate surface area is 207 Å². The highest BCUT2D eigenvalue weighted by Crippen LogP contribution is 2.21. The molecule has 3 rings (SSSR count). The minimum Gasteiger partial charge on any atom is -0.326 e. The van der Waals surface area contributed by atoms with E-state index in [2.05, 4.69) is 10.0 Å². The van der Waals surface area contributed by atoms with E-state index in [1.807, 2.05) is 32.0 Å². The molecule has 0 fully saturated rings. The number of rotatable bonds is 10. The van der Waals surface area contributed by atoms with Gasteiger partial charge in [-0.25, -0.2) is 16.8 Å². The number of anilines is 3. The molecule has 0 aliphatic rings. The maximum Gasteiger partial charge on any atom is 0.261 e. The second-order valence-electron chi connectivity index (χ2n) is 8.32. The summed E-state index contributed by atoms with van der Waals surface area (Å²) in [6, 6.07) is 20.0. The van der Waals surface area contributed by atoms with Gasteiger partial charge in [-0.3, -0.25) is 13.8 Å². The number of aryl methyl sites for hydroxylation is 2. The highest BCUT2D eigenvalue weighted by Gasteiger charge is 2.18. The number of carbonyl (C=O) groups is 1. The Bertz CT molecular complexity index is 1390. The summed E-state index contributed by atoms with van der Waals surface area (Å²) < 4.78 is 53.4. The van der Waals surface area contributed by atoms with Gasteiger partial charge in [0.15, 0.2) is 0 Å². The molecule has 35 heavy (non-hydrogen) atoms. The summed E-state index contributed by atoms with van der Waals surface area (Å²) in [5, 5.41) is 2.72. The van der Waals surface area contributed by atoms with Crippen molar-refractivity contribution in [1.29, 1.82) is 0 Å². The van der Waals surface area contributed by atoms with E-state index in [9.17, 15) is 21.6 Å². The minimum absolute atomic E-state index is 0.0684. The summed E-state index contributed by atoms with van der Waals surface area (Å²) in [6.45, 7) is 3.95. The fourth-order valence-electron chi connectivity index (χ4n) is 3.44. The standard InChI is InChI=1S/C25H29N3O5S2/c1-19-9-13-23(14-10-19)28(34(3,30)31)17-5-8-25(29)26-21-11-15-24(16-12-21)35(32,33)27-22-7-4-6-20(2)18-22/h4,6-7,9-16,18,27H,5,8,17H2,1-3H3,(H,26,29). The molecule has 1 amide bonds. The van der Waals surface area contributed by atoms with E-state index in [1.54, 1.807) is 30.3 Å². The van der Waals surface area contributed by atoms with Crippen molar-refractivity contribution in [2.75, 3.05) is 27.1 Å². The molecule has 3 aromatic rings. The SMILES string of the molecule is Cc1ccc(N(CCCC(=O)Nc2ccc(S(=O)(=O)Nc3cccc(C)c3)cc2)S(C)(=O)=O)cc1. The summed E-state index contributed by atoms with van der Waals surface area (Å²) in [6.07, 6.45) is 1.56. The number of sulfonamides is 2.